The van der Waals surface area contributed by atoms with E-state index in [1.165, 1.54) is 5.56 Å². The van der Waals surface area contributed by atoms with Gasteiger partial charge in [-0.2, -0.15) is 0 Å². The first-order chi connectivity index (χ1) is 14.6. The molecule has 1 unspecified atom stereocenters. The van der Waals surface area contributed by atoms with Crippen LogP contribution in [0.25, 0.3) is 0 Å². The zero-order valence-electron chi connectivity index (χ0n) is 17.7. The molecule has 1 atom stereocenters. The number of rotatable bonds is 5. The third kappa shape index (κ3) is 5.23. The summed E-state index contributed by atoms with van der Waals surface area (Å²) < 4.78 is 11.3. The van der Waals surface area contributed by atoms with E-state index in [2.05, 4.69) is 32.6 Å². The van der Waals surface area contributed by atoms with E-state index in [-0.39, 0.29) is 24.0 Å². The summed E-state index contributed by atoms with van der Waals surface area (Å²) >= 11 is 0. The number of fused-ring (bicyclic) bond motifs is 1. The van der Waals surface area contributed by atoms with Crippen LogP contribution < -0.4 is 20.1 Å². The Kier molecular flexibility index (Phi) is 6.74. The van der Waals surface area contributed by atoms with Crippen molar-refractivity contribution in [2.24, 2.45) is 0 Å². The molecule has 2 heterocycles. The Balaban J connectivity index is 1.21. The van der Waals surface area contributed by atoms with Gasteiger partial charge >= 0.3 is 6.03 Å². The highest BCUT2D eigenvalue weighted by Gasteiger charge is 2.27. The van der Waals surface area contributed by atoms with E-state index in [4.69, 9.17) is 9.47 Å². The van der Waals surface area contributed by atoms with Crippen LogP contribution >= 0.6 is 0 Å². The smallest absolute Gasteiger partial charge is 0.321 e. The molecule has 164 valence electrons. The van der Waals surface area contributed by atoms with E-state index in [9.17, 15) is 9.59 Å². The largest absolute Gasteiger partial charge is 0.486 e. The van der Waals surface area contributed by atoms with Gasteiger partial charge < -0.3 is 14.8 Å². The number of ether oxygens (including phenoxy) is 2. The normalized spacial score (nSPS) is 21.2. The first-order valence-electron chi connectivity index (χ1n) is 11.0. The number of carbonyl (C=O) groups excluding carboxylic acids is 2. The maximum Gasteiger partial charge on any atom is 0.321 e. The molecule has 0 radical (unpaired) electrons. The van der Waals surface area contributed by atoms with E-state index in [1.54, 1.807) is 0 Å². The number of nitrogens with one attached hydrogen (secondary N) is 2. The molecular formula is C22H32N4O4. The van der Waals surface area contributed by atoms with Crippen molar-refractivity contribution in [2.45, 2.75) is 51.2 Å². The molecule has 3 aliphatic rings. The van der Waals surface area contributed by atoms with Crippen molar-refractivity contribution < 1.29 is 19.1 Å². The van der Waals surface area contributed by atoms with E-state index < -0.39 is 0 Å². The number of amides is 3. The van der Waals surface area contributed by atoms with Crippen molar-refractivity contribution in [3.63, 3.8) is 0 Å². The molecule has 1 aliphatic carbocycles. The lowest BCUT2D eigenvalue weighted by molar-refractivity contribution is -0.125. The molecule has 1 aromatic carbocycles. The summed E-state index contributed by atoms with van der Waals surface area (Å²) in [4.78, 5) is 29.1. The van der Waals surface area contributed by atoms with Crippen LogP contribution in [0.15, 0.2) is 18.2 Å². The van der Waals surface area contributed by atoms with Gasteiger partial charge in [0.15, 0.2) is 11.5 Å². The van der Waals surface area contributed by atoms with E-state index >= 15 is 0 Å². The first-order valence-corrected chi connectivity index (χ1v) is 11.0. The Bertz CT molecular complexity index is 758. The van der Waals surface area contributed by atoms with Gasteiger partial charge in [0.05, 0.1) is 6.04 Å². The van der Waals surface area contributed by atoms with Gasteiger partial charge in [-0.3, -0.25) is 19.9 Å². The van der Waals surface area contributed by atoms with Gasteiger partial charge in [0.2, 0.25) is 5.91 Å². The summed E-state index contributed by atoms with van der Waals surface area (Å²) in [5.41, 5.74) is 1.20. The Hall–Kier alpha value is -2.32. The molecule has 1 aromatic rings. The Morgan fingerprint density at radius 2 is 1.77 bits per heavy atom. The molecule has 1 saturated heterocycles. The van der Waals surface area contributed by atoms with Gasteiger partial charge in [0.25, 0.3) is 0 Å². The highest BCUT2D eigenvalue weighted by Crippen LogP contribution is 2.31. The number of urea groups is 1. The molecular weight excluding hydrogens is 384 g/mol. The maximum absolute atomic E-state index is 12.5. The lowest BCUT2D eigenvalue weighted by atomic mass is 10.1. The zero-order chi connectivity index (χ0) is 20.9. The molecule has 30 heavy (non-hydrogen) atoms. The third-order valence-electron chi connectivity index (χ3n) is 6.27. The van der Waals surface area contributed by atoms with Gasteiger partial charge in [0, 0.05) is 38.8 Å². The Labute approximate surface area is 177 Å². The molecule has 2 fully saturated rings. The molecule has 8 nitrogen and oxygen atoms in total. The number of imide groups is 1. The highest BCUT2D eigenvalue weighted by atomic mass is 16.6. The number of carbonyl (C=O) groups is 2. The fraction of sp³-hybridized carbons (Fsp3) is 0.636. The van der Waals surface area contributed by atoms with Crippen LogP contribution in [0.2, 0.25) is 0 Å². The summed E-state index contributed by atoms with van der Waals surface area (Å²) in [6.07, 6.45) is 4.29. The number of benzene rings is 1. The van der Waals surface area contributed by atoms with Crippen LogP contribution in [0, 0.1) is 0 Å². The van der Waals surface area contributed by atoms with Crippen molar-refractivity contribution in [1.82, 2.24) is 20.4 Å². The van der Waals surface area contributed by atoms with E-state index in [0.29, 0.717) is 13.2 Å². The minimum atomic E-state index is -0.365. The number of piperazine rings is 1. The quantitative estimate of drug-likeness (QED) is 0.761. The molecule has 2 N–H and O–H groups in total. The Morgan fingerprint density at radius 1 is 1.07 bits per heavy atom. The van der Waals surface area contributed by atoms with E-state index in [1.807, 2.05) is 13.0 Å². The second kappa shape index (κ2) is 9.66. The maximum atomic E-state index is 12.5. The van der Waals surface area contributed by atoms with Gasteiger partial charge in [0.1, 0.15) is 13.2 Å². The lowest BCUT2D eigenvalue weighted by Crippen LogP contribution is -2.55. The number of nitrogens with zero attached hydrogens (tertiary/aromatic N) is 2. The average molecular weight is 417 g/mol. The van der Waals surface area contributed by atoms with Crippen LogP contribution in [0.3, 0.4) is 0 Å². The van der Waals surface area contributed by atoms with Crippen LogP contribution in [0.1, 0.15) is 38.2 Å². The topological polar surface area (TPSA) is 83.1 Å². The molecule has 8 heteroatoms. The molecule has 0 spiro atoms. The Morgan fingerprint density at radius 3 is 2.50 bits per heavy atom. The number of hydrogen-bond donors (Lipinski definition) is 2. The third-order valence-corrected chi connectivity index (χ3v) is 6.27. The fourth-order valence-electron chi connectivity index (χ4n) is 4.43. The second-order valence-corrected chi connectivity index (χ2v) is 8.41. The predicted molar refractivity (Wildman–Crippen MR) is 113 cm³/mol. The van der Waals surface area contributed by atoms with Crippen LogP contribution in [0.5, 0.6) is 11.5 Å². The molecule has 2 aliphatic heterocycles. The standard InChI is InChI=1S/C22H32N4O4/c1-16(21(27)24-22(28)23-18-4-2-3-5-18)26-10-8-25(9-11-26)15-17-6-7-19-20(14-17)30-13-12-29-19/h6-7,14,16,18H,2-5,8-13,15H2,1H3,(H2,23,24,27,28). The van der Waals surface area contributed by atoms with Crippen LogP contribution in [0.4, 0.5) is 4.79 Å². The fourth-order valence-corrected chi connectivity index (χ4v) is 4.43. The summed E-state index contributed by atoms with van der Waals surface area (Å²) in [5.74, 6) is 1.40. The van der Waals surface area contributed by atoms with Crippen molar-refractivity contribution in [3.8, 4) is 11.5 Å². The number of hydrogen-bond acceptors (Lipinski definition) is 6. The second-order valence-electron chi connectivity index (χ2n) is 8.41. The van der Waals surface area contributed by atoms with Gasteiger partial charge in [-0.25, -0.2) is 4.79 Å². The summed E-state index contributed by atoms with van der Waals surface area (Å²) in [6.45, 7) is 7.24. The highest BCUT2D eigenvalue weighted by molar-refractivity contribution is 5.96. The minimum absolute atomic E-state index is 0.206. The average Bonchev–Trinajstić information content (AvgIpc) is 3.26. The monoisotopic (exact) mass is 416 g/mol. The molecule has 4 rings (SSSR count). The van der Waals surface area contributed by atoms with E-state index in [0.717, 1.165) is 69.9 Å². The van der Waals surface area contributed by atoms with Crippen molar-refractivity contribution in [2.75, 3.05) is 39.4 Å². The summed E-state index contributed by atoms with van der Waals surface area (Å²) in [6, 6.07) is 5.63. The van der Waals surface area contributed by atoms with Crippen molar-refractivity contribution in [1.29, 1.82) is 0 Å². The predicted octanol–water partition coefficient (Wildman–Crippen LogP) is 1.73. The SMILES string of the molecule is CC(C(=O)NC(=O)NC1CCCC1)N1CCN(Cc2ccc3c(c2)OCCO3)CC1. The van der Waals surface area contributed by atoms with Crippen molar-refractivity contribution in [3.05, 3.63) is 23.8 Å². The van der Waals surface area contributed by atoms with Crippen LogP contribution in [-0.4, -0.2) is 73.2 Å². The summed E-state index contributed by atoms with van der Waals surface area (Å²) in [7, 11) is 0. The first kappa shape index (κ1) is 20.9. The molecule has 0 aromatic heterocycles. The van der Waals surface area contributed by atoms with Crippen molar-refractivity contribution >= 4 is 11.9 Å². The van der Waals surface area contributed by atoms with Gasteiger partial charge in [-0.1, -0.05) is 18.9 Å². The minimum Gasteiger partial charge on any atom is -0.486 e. The molecule has 1 saturated carbocycles. The zero-order valence-corrected chi connectivity index (χ0v) is 17.7. The summed E-state index contributed by atoms with van der Waals surface area (Å²) in [5, 5.41) is 5.42. The lowest BCUT2D eigenvalue weighted by Gasteiger charge is -2.37. The van der Waals surface area contributed by atoms with Crippen LogP contribution in [-0.2, 0) is 11.3 Å². The van der Waals surface area contributed by atoms with Gasteiger partial charge in [-0.05, 0) is 37.5 Å². The molecule has 0 bridgehead atoms. The van der Waals surface area contributed by atoms with Gasteiger partial charge in [-0.15, -0.1) is 0 Å². The molecule has 3 amide bonds.